The molecule has 5 nitrogen and oxygen atoms in total. The van der Waals surface area contributed by atoms with Crippen LogP contribution in [-0.4, -0.2) is 19.6 Å². The van der Waals surface area contributed by atoms with Gasteiger partial charge < -0.3 is 10.1 Å². The number of hydrogen-bond acceptors (Lipinski definition) is 4. The maximum Gasteiger partial charge on any atom is 0.267 e. The van der Waals surface area contributed by atoms with E-state index >= 15 is 0 Å². The van der Waals surface area contributed by atoms with Crippen molar-refractivity contribution in [3.8, 4) is 5.75 Å². The highest BCUT2D eigenvalue weighted by Gasteiger charge is 2.21. The Morgan fingerprint density at radius 2 is 2.00 bits per heavy atom. The first-order chi connectivity index (χ1) is 9.76. The SMILES string of the molecule is CC(C)NC(=S)NS(=O)(=O)c1ccccc1O/C(Cl)=C/Cl. The molecular formula is C12H14Cl2N2O3S2. The van der Waals surface area contributed by atoms with Crippen LogP contribution in [-0.2, 0) is 10.0 Å². The molecule has 0 aliphatic heterocycles. The summed E-state index contributed by atoms with van der Waals surface area (Å²) in [4.78, 5) is -0.102. The fourth-order valence-corrected chi connectivity index (χ4v) is 3.09. The summed E-state index contributed by atoms with van der Waals surface area (Å²) in [7, 11) is -3.90. The summed E-state index contributed by atoms with van der Waals surface area (Å²) >= 11 is 16.0. The minimum Gasteiger partial charge on any atom is -0.443 e. The van der Waals surface area contributed by atoms with Crippen molar-refractivity contribution in [2.45, 2.75) is 24.8 Å². The predicted molar refractivity (Wildman–Crippen MR) is 88.1 cm³/mol. The summed E-state index contributed by atoms with van der Waals surface area (Å²) in [5.41, 5.74) is 0.989. The Morgan fingerprint density at radius 3 is 2.57 bits per heavy atom. The van der Waals surface area contributed by atoms with E-state index < -0.39 is 10.0 Å². The second-order valence-corrected chi connectivity index (χ2v) is 6.85. The zero-order valence-corrected chi connectivity index (χ0v) is 14.4. The van der Waals surface area contributed by atoms with Crippen molar-refractivity contribution in [1.29, 1.82) is 0 Å². The molecule has 1 rings (SSSR count). The van der Waals surface area contributed by atoms with Gasteiger partial charge in [0, 0.05) is 6.04 Å². The van der Waals surface area contributed by atoms with Crippen LogP contribution in [0.1, 0.15) is 13.8 Å². The first-order valence-electron chi connectivity index (χ1n) is 5.82. The molecule has 0 radical (unpaired) electrons. The summed E-state index contributed by atoms with van der Waals surface area (Å²) in [6.07, 6.45) is 0. The number of thiocarbonyl (C=S) groups is 1. The van der Waals surface area contributed by atoms with Gasteiger partial charge in [-0.1, -0.05) is 23.7 Å². The molecule has 0 aliphatic carbocycles. The van der Waals surface area contributed by atoms with Gasteiger partial charge in [0.05, 0.1) is 5.54 Å². The maximum atomic E-state index is 12.3. The normalized spacial score (nSPS) is 12.1. The average molecular weight is 369 g/mol. The lowest BCUT2D eigenvalue weighted by Gasteiger charge is -2.15. The number of ether oxygens (including phenoxy) is 1. The molecule has 1 aromatic carbocycles. The number of benzene rings is 1. The summed E-state index contributed by atoms with van der Waals surface area (Å²) in [5.74, 6) is 0.0410. The van der Waals surface area contributed by atoms with Crippen molar-refractivity contribution in [2.24, 2.45) is 0 Å². The van der Waals surface area contributed by atoms with E-state index in [1.165, 1.54) is 12.1 Å². The average Bonchev–Trinajstić information content (AvgIpc) is 2.37. The number of hydrogen-bond donors (Lipinski definition) is 2. The Bertz CT molecular complexity index is 646. The van der Waals surface area contributed by atoms with Crippen molar-refractivity contribution in [3.05, 3.63) is 35.0 Å². The number of rotatable bonds is 5. The Balaban J connectivity index is 3.06. The van der Waals surface area contributed by atoms with E-state index in [0.29, 0.717) is 0 Å². The fourth-order valence-electron chi connectivity index (χ4n) is 1.35. The lowest BCUT2D eigenvalue weighted by atomic mass is 10.3. The summed E-state index contributed by atoms with van der Waals surface area (Å²) in [6, 6.07) is 5.99. The lowest BCUT2D eigenvalue weighted by Crippen LogP contribution is -2.42. The number of halogens is 2. The van der Waals surface area contributed by atoms with E-state index in [0.717, 1.165) is 5.54 Å². The standard InChI is InChI=1S/C12H14Cl2N2O3S2/c1-8(2)15-12(20)16-21(17,18)10-6-4-3-5-9(10)19-11(14)7-13/h3-8H,1-2H3,(H2,15,16,20)/b11-7+. The molecule has 9 heteroatoms. The quantitative estimate of drug-likeness (QED) is 0.617. The first kappa shape index (κ1) is 18.0. The monoisotopic (exact) mass is 368 g/mol. The molecule has 21 heavy (non-hydrogen) atoms. The molecule has 0 aliphatic rings. The van der Waals surface area contributed by atoms with Gasteiger partial charge in [-0.15, -0.1) is 0 Å². The molecule has 0 saturated heterocycles. The topological polar surface area (TPSA) is 67.4 Å². The second-order valence-electron chi connectivity index (χ2n) is 4.20. The maximum absolute atomic E-state index is 12.3. The Kier molecular flexibility index (Phi) is 6.73. The summed E-state index contributed by atoms with van der Waals surface area (Å²) < 4.78 is 32.0. The van der Waals surface area contributed by atoms with Crippen LogP contribution >= 0.6 is 35.4 Å². The second kappa shape index (κ2) is 7.84. The van der Waals surface area contributed by atoms with E-state index in [1.54, 1.807) is 12.1 Å². The number of nitrogens with one attached hydrogen (secondary N) is 2. The van der Waals surface area contributed by atoms with E-state index in [9.17, 15) is 8.42 Å². The molecule has 0 heterocycles. The highest BCUT2D eigenvalue weighted by Crippen LogP contribution is 2.26. The van der Waals surface area contributed by atoms with Crippen LogP contribution in [0.3, 0.4) is 0 Å². The van der Waals surface area contributed by atoms with Gasteiger partial charge >= 0.3 is 0 Å². The number of para-hydroxylation sites is 1. The molecule has 0 bridgehead atoms. The summed E-state index contributed by atoms with van der Waals surface area (Å²) in [5, 5.41) is 2.63. The molecular weight excluding hydrogens is 355 g/mol. The molecule has 0 atom stereocenters. The van der Waals surface area contributed by atoms with Crippen molar-refractivity contribution in [1.82, 2.24) is 10.0 Å². The molecule has 0 unspecified atom stereocenters. The molecule has 0 saturated carbocycles. The Labute approximate surface area is 139 Å². The van der Waals surface area contributed by atoms with Gasteiger partial charge in [-0.05, 0) is 49.8 Å². The van der Waals surface area contributed by atoms with Crippen LogP contribution in [0.15, 0.2) is 39.9 Å². The molecule has 1 aromatic rings. The van der Waals surface area contributed by atoms with Gasteiger partial charge in [0.1, 0.15) is 10.6 Å². The predicted octanol–water partition coefficient (Wildman–Crippen LogP) is 2.90. The third kappa shape index (κ3) is 5.70. The lowest BCUT2D eigenvalue weighted by molar-refractivity contribution is 0.449. The van der Waals surface area contributed by atoms with Gasteiger partial charge in [0.25, 0.3) is 10.0 Å². The van der Waals surface area contributed by atoms with Crippen LogP contribution in [0.4, 0.5) is 0 Å². The molecule has 2 N–H and O–H groups in total. The molecule has 116 valence electrons. The van der Waals surface area contributed by atoms with Crippen LogP contribution in [0.5, 0.6) is 5.75 Å². The van der Waals surface area contributed by atoms with E-state index in [-0.39, 0.29) is 27.0 Å². The van der Waals surface area contributed by atoms with Crippen LogP contribution < -0.4 is 14.8 Å². The van der Waals surface area contributed by atoms with Crippen molar-refractivity contribution in [2.75, 3.05) is 0 Å². The minimum atomic E-state index is -3.90. The van der Waals surface area contributed by atoms with E-state index in [1.807, 2.05) is 13.8 Å². The molecule has 0 spiro atoms. The third-order valence-electron chi connectivity index (χ3n) is 2.08. The third-order valence-corrected chi connectivity index (χ3v) is 4.31. The fraction of sp³-hybridized carbons (Fsp3) is 0.250. The van der Waals surface area contributed by atoms with E-state index in [4.69, 9.17) is 40.2 Å². The minimum absolute atomic E-state index is 0.000296. The van der Waals surface area contributed by atoms with Gasteiger partial charge in [0.2, 0.25) is 5.22 Å². The summed E-state index contributed by atoms with van der Waals surface area (Å²) in [6.45, 7) is 3.67. The highest BCUT2D eigenvalue weighted by molar-refractivity contribution is 7.92. The van der Waals surface area contributed by atoms with Gasteiger partial charge in [-0.25, -0.2) is 8.42 Å². The van der Waals surface area contributed by atoms with Gasteiger partial charge in [-0.3, -0.25) is 4.72 Å². The molecule has 0 amide bonds. The highest BCUT2D eigenvalue weighted by atomic mass is 35.5. The van der Waals surface area contributed by atoms with Crippen LogP contribution in [0.25, 0.3) is 0 Å². The van der Waals surface area contributed by atoms with Gasteiger partial charge in [-0.2, -0.15) is 0 Å². The Hall–Kier alpha value is -1.02. The van der Waals surface area contributed by atoms with Crippen LogP contribution in [0.2, 0.25) is 0 Å². The van der Waals surface area contributed by atoms with Crippen molar-refractivity contribution >= 4 is 50.6 Å². The zero-order chi connectivity index (χ0) is 16.0. The van der Waals surface area contributed by atoms with Crippen molar-refractivity contribution in [3.63, 3.8) is 0 Å². The van der Waals surface area contributed by atoms with Crippen molar-refractivity contribution < 1.29 is 13.2 Å². The largest absolute Gasteiger partial charge is 0.443 e. The van der Waals surface area contributed by atoms with Gasteiger partial charge in [0.15, 0.2) is 5.11 Å². The first-order valence-corrected chi connectivity index (χ1v) is 8.53. The Morgan fingerprint density at radius 1 is 1.38 bits per heavy atom. The zero-order valence-electron chi connectivity index (χ0n) is 11.3. The van der Waals surface area contributed by atoms with E-state index in [2.05, 4.69) is 10.0 Å². The molecule has 0 aromatic heterocycles. The number of sulfonamides is 1. The molecule has 0 fully saturated rings. The van der Waals surface area contributed by atoms with Crippen LogP contribution in [0, 0.1) is 0 Å². The smallest absolute Gasteiger partial charge is 0.267 e.